The number of hydrogen-bond acceptors (Lipinski definition) is 6. The summed E-state index contributed by atoms with van der Waals surface area (Å²) in [6.45, 7) is 3.42. The predicted molar refractivity (Wildman–Crippen MR) is 112 cm³/mol. The van der Waals surface area contributed by atoms with Crippen LogP contribution in [-0.4, -0.2) is 50.5 Å². The van der Waals surface area contributed by atoms with Gasteiger partial charge in [0.25, 0.3) is 0 Å². The van der Waals surface area contributed by atoms with Gasteiger partial charge in [0.05, 0.1) is 18.2 Å². The number of halogens is 1. The molecule has 2 N–H and O–H groups in total. The Labute approximate surface area is 174 Å². The molecule has 0 bridgehead atoms. The van der Waals surface area contributed by atoms with Crippen LogP contribution in [0.2, 0.25) is 5.02 Å². The highest BCUT2D eigenvalue weighted by molar-refractivity contribution is 6.30. The number of hydrogen-bond donors (Lipinski definition) is 2. The number of benzene rings is 1. The lowest BCUT2D eigenvalue weighted by atomic mass is 9.97. The van der Waals surface area contributed by atoms with E-state index in [0.717, 1.165) is 48.7 Å². The summed E-state index contributed by atoms with van der Waals surface area (Å²) in [6.07, 6.45) is 7.31. The van der Waals surface area contributed by atoms with E-state index >= 15 is 0 Å². The van der Waals surface area contributed by atoms with Crippen molar-refractivity contribution in [2.75, 3.05) is 25.1 Å². The van der Waals surface area contributed by atoms with Gasteiger partial charge >= 0.3 is 0 Å². The second kappa shape index (κ2) is 8.90. The van der Waals surface area contributed by atoms with E-state index in [1.807, 2.05) is 48.1 Å². The minimum absolute atomic E-state index is 0.0589. The summed E-state index contributed by atoms with van der Waals surface area (Å²) in [4.78, 5) is 13.6. The van der Waals surface area contributed by atoms with Crippen molar-refractivity contribution in [2.24, 2.45) is 0 Å². The molecule has 1 aromatic carbocycles. The number of ether oxygens (including phenoxy) is 1. The molecule has 1 aliphatic rings. The summed E-state index contributed by atoms with van der Waals surface area (Å²) >= 11 is 6.11. The third kappa shape index (κ3) is 4.58. The van der Waals surface area contributed by atoms with E-state index in [2.05, 4.69) is 15.3 Å². The first-order valence-corrected chi connectivity index (χ1v) is 10.1. The van der Waals surface area contributed by atoms with E-state index in [1.165, 1.54) is 0 Å². The molecule has 2 aromatic heterocycles. The van der Waals surface area contributed by atoms with Crippen LogP contribution in [0.15, 0.2) is 43.0 Å². The molecule has 29 heavy (non-hydrogen) atoms. The van der Waals surface area contributed by atoms with Gasteiger partial charge in [-0.2, -0.15) is 4.98 Å². The zero-order chi connectivity index (χ0) is 20.2. The van der Waals surface area contributed by atoms with E-state index in [1.54, 1.807) is 6.33 Å². The predicted octanol–water partition coefficient (Wildman–Crippen LogP) is 3.34. The molecule has 7 nitrogen and oxygen atoms in total. The standard InChI is InChI=1S/C21H24ClN5O2/c1-14-10-23-21(25-17-5-7-29-8-6-17)26-20(14)27-11-19(24-13-27)18(12-28)15-3-2-4-16(22)9-15/h2-4,9-11,13,17-18,28H,5-8,12H2,1H3,(H,23,25,26)/t18-/m0/s1. The van der Waals surface area contributed by atoms with Gasteiger partial charge in [-0.1, -0.05) is 23.7 Å². The van der Waals surface area contributed by atoms with Crippen molar-refractivity contribution in [1.82, 2.24) is 19.5 Å². The van der Waals surface area contributed by atoms with Crippen LogP contribution in [0.25, 0.3) is 5.82 Å². The molecule has 0 saturated carbocycles. The van der Waals surface area contributed by atoms with Gasteiger partial charge in [0.2, 0.25) is 5.95 Å². The second-order valence-corrected chi connectivity index (χ2v) is 7.66. The molecule has 0 amide bonds. The number of aryl methyl sites for hydroxylation is 1. The summed E-state index contributed by atoms with van der Waals surface area (Å²) in [7, 11) is 0. The fourth-order valence-corrected chi connectivity index (χ4v) is 3.71. The van der Waals surface area contributed by atoms with Crippen molar-refractivity contribution in [3.05, 3.63) is 64.8 Å². The van der Waals surface area contributed by atoms with Crippen molar-refractivity contribution in [2.45, 2.75) is 31.7 Å². The SMILES string of the molecule is Cc1cnc(NC2CCOCC2)nc1-n1cnc([C@@H](CO)c2cccc(Cl)c2)c1. The Morgan fingerprint density at radius 1 is 1.31 bits per heavy atom. The van der Waals surface area contributed by atoms with Crippen molar-refractivity contribution < 1.29 is 9.84 Å². The van der Waals surface area contributed by atoms with Crippen LogP contribution in [0, 0.1) is 6.92 Å². The average molecular weight is 414 g/mol. The van der Waals surface area contributed by atoms with Crippen LogP contribution in [0.4, 0.5) is 5.95 Å². The number of imidazole rings is 1. The molecule has 3 heterocycles. The van der Waals surface area contributed by atoms with Gasteiger partial charge in [-0.3, -0.25) is 4.57 Å². The molecule has 3 aromatic rings. The van der Waals surface area contributed by atoms with Gasteiger partial charge < -0.3 is 15.2 Å². The maximum absolute atomic E-state index is 9.95. The zero-order valence-corrected chi connectivity index (χ0v) is 17.0. The lowest BCUT2D eigenvalue weighted by Crippen LogP contribution is -2.28. The van der Waals surface area contributed by atoms with Crippen LogP contribution < -0.4 is 5.32 Å². The van der Waals surface area contributed by atoms with E-state index in [9.17, 15) is 5.11 Å². The minimum atomic E-state index is -0.253. The number of aliphatic hydroxyl groups is 1. The van der Waals surface area contributed by atoms with Crippen LogP contribution in [0.5, 0.6) is 0 Å². The van der Waals surface area contributed by atoms with Gasteiger partial charge in [0.15, 0.2) is 0 Å². The molecule has 0 radical (unpaired) electrons. The molecular formula is C21H24ClN5O2. The second-order valence-electron chi connectivity index (χ2n) is 7.23. The van der Waals surface area contributed by atoms with Crippen molar-refractivity contribution in [3.8, 4) is 5.82 Å². The average Bonchev–Trinajstić information content (AvgIpc) is 3.20. The van der Waals surface area contributed by atoms with E-state index in [0.29, 0.717) is 17.0 Å². The van der Waals surface area contributed by atoms with Crippen molar-refractivity contribution in [3.63, 3.8) is 0 Å². The number of nitrogens with zero attached hydrogens (tertiary/aromatic N) is 4. The Morgan fingerprint density at radius 3 is 2.90 bits per heavy atom. The molecule has 1 fully saturated rings. The fraction of sp³-hybridized carbons (Fsp3) is 0.381. The minimum Gasteiger partial charge on any atom is -0.395 e. The van der Waals surface area contributed by atoms with Gasteiger partial charge in [-0.25, -0.2) is 9.97 Å². The molecule has 1 aliphatic heterocycles. The first-order valence-electron chi connectivity index (χ1n) is 9.72. The zero-order valence-electron chi connectivity index (χ0n) is 16.3. The maximum Gasteiger partial charge on any atom is 0.224 e. The summed E-state index contributed by atoms with van der Waals surface area (Å²) in [5, 5.41) is 14.0. The Hall–Kier alpha value is -2.48. The molecule has 0 spiro atoms. The fourth-order valence-electron chi connectivity index (χ4n) is 3.52. The topological polar surface area (TPSA) is 85.1 Å². The number of anilines is 1. The highest BCUT2D eigenvalue weighted by atomic mass is 35.5. The van der Waals surface area contributed by atoms with Crippen LogP contribution >= 0.6 is 11.6 Å². The summed E-state index contributed by atoms with van der Waals surface area (Å²) in [6, 6.07) is 7.81. The van der Waals surface area contributed by atoms with Crippen LogP contribution in [0.1, 0.15) is 35.6 Å². The van der Waals surface area contributed by atoms with Gasteiger partial charge in [0.1, 0.15) is 12.1 Å². The third-order valence-corrected chi connectivity index (χ3v) is 5.37. The maximum atomic E-state index is 9.95. The number of aromatic nitrogens is 4. The Morgan fingerprint density at radius 2 is 2.14 bits per heavy atom. The van der Waals surface area contributed by atoms with Crippen molar-refractivity contribution >= 4 is 17.5 Å². The normalized spacial score (nSPS) is 16.0. The molecular weight excluding hydrogens is 390 g/mol. The lowest BCUT2D eigenvalue weighted by molar-refractivity contribution is 0.0903. The molecule has 152 valence electrons. The largest absolute Gasteiger partial charge is 0.395 e. The monoisotopic (exact) mass is 413 g/mol. The van der Waals surface area contributed by atoms with E-state index < -0.39 is 0 Å². The molecule has 8 heteroatoms. The third-order valence-electron chi connectivity index (χ3n) is 5.14. The van der Waals surface area contributed by atoms with E-state index in [4.69, 9.17) is 21.3 Å². The van der Waals surface area contributed by atoms with Gasteiger partial charge in [-0.05, 0) is 37.5 Å². The first-order chi connectivity index (χ1) is 14.1. The summed E-state index contributed by atoms with van der Waals surface area (Å²) < 4.78 is 7.28. The Balaban J connectivity index is 1.59. The molecule has 1 atom stereocenters. The highest BCUT2D eigenvalue weighted by Gasteiger charge is 2.19. The smallest absolute Gasteiger partial charge is 0.224 e. The Bertz CT molecular complexity index is 971. The Kier molecular flexibility index (Phi) is 6.08. The van der Waals surface area contributed by atoms with Gasteiger partial charge in [0, 0.05) is 42.2 Å². The summed E-state index contributed by atoms with van der Waals surface area (Å²) in [5.74, 6) is 1.11. The highest BCUT2D eigenvalue weighted by Crippen LogP contribution is 2.26. The quantitative estimate of drug-likeness (QED) is 0.644. The number of rotatable bonds is 6. The number of nitrogens with one attached hydrogen (secondary N) is 1. The molecule has 1 saturated heterocycles. The van der Waals surface area contributed by atoms with Gasteiger partial charge in [-0.15, -0.1) is 0 Å². The van der Waals surface area contributed by atoms with Crippen LogP contribution in [0.3, 0.4) is 0 Å². The van der Waals surface area contributed by atoms with E-state index in [-0.39, 0.29) is 12.5 Å². The molecule has 0 unspecified atom stereocenters. The number of aliphatic hydroxyl groups excluding tert-OH is 1. The molecule has 0 aliphatic carbocycles. The van der Waals surface area contributed by atoms with Crippen LogP contribution in [-0.2, 0) is 4.74 Å². The lowest BCUT2D eigenvalue weighted by Gasteiger charge is -2.23. The first kappa shape index (κ1) is 19.8. The summed E-state index contributed by atoms with van der Waals surface area (Å²) in [5.41, 5.74) is 2.62. The van der Waals surface area contributed by atoms with Crippen molar-refractivity contribution in [1.29, 1.82) is 0 Å². The molecule has 4 rings (SSSR count).